The summed E-state index contributed by atoms with van der Waals surface area (Å²) in [6.07, 6.45) is -0.0234. The monoisotopic (exact) mass is 409 g/mol. The SMILES string of the molecule is CS(=O)(=O)N1C[C@H](C(=O)Nc2ccc(C(N)=O)cc2)Oc2ccc(Cl)cc21. The molecule has 1 atom stereocenters. The maximum atomic E-state index is 12.6. The molecular weight excluding hydrogens is 394 g/mol. The van der Waals surface area contributed by atoms with E-state index in [2.05, 4.69) is 5.32 Å². The van der Waals surface area contributed by atoms with Gasteiger partial charge in [-0.25, -0.2) is 8.42 Å². The minimum absolute atomic E-state index is 0.197. The van der Waals surface area contributed by atoms with Gasteiger partial charge in [-0.2, -0.15) is 0 Å². The van der Waals surface area contributed by atoms with Crippen LogP contribution in [0.5, 0.6) is 5.75 Å². The molecule has 3 N–H and O–H groups in total. The van der Waals surface area contributed by atoms with Crippen LogP contribution in [0.1, 0.15) is 10.4 Å². The Morgan fingerprint density at radius 2 is 1.89 bits per heavy atom. The van der Waals surface area contributed by atoms with Crippen LogP contribution in [0.15, 0.2) is 42.5 Å². The Morgan fingerprint density at radius 1 is 1.22 bits per heavy atom. The second-order valence-corrected chi connectivity index (χ2v) is 8.29. The molecule has 142 valence electrons. The van der Waals surface area contributed by atoms with Crippen molar-refractivity contribution in [3.05, 3.63) is 53.1 Å². The molecule has 1 aliphatic heterocycles. The number of carbonyl (C=O) groups excluding carboxylic acids is 2. The number of nitrogens with zero attached hydrogens (tertiary/aromatic N) is 1. The van der Waals surface area contributed by atoms with Crippen LogP contribution < -0.4 is 20.1 Å². The Balaban J connectivity index is 1.83. The molecule has 3 rings (SSSR count). The molecular formula is C17H16ClN3O5S. The largest absolute Gasteiger partial charge is 0.476 e. The first-order chi connectivity index (χ1) is 12.6. The lowest BCUT2D eigenvalue weighted by molar-refractivity contribution is -0.122. The van der Waals surface area contributed by atoms with Crippen molar-refractivity contribution in [2.24, 2.45) is 5.73 Å². The summed E-state index contributed by atoms with van der Waals surface area (Å²) in [5.41, 5.74) is 6.17. The third-order valence-corrected chi connectivity index (χ3v) is 5.30. The number of primary amides is 1. The Bertz CT molecular complexity index is 1010. The molecule has 1 aliphatic rings. The van der Waals surface area contributed by atoms with Gasteiger partial charge in [-0.15, -0.1) is 0 Å². The summed E-state index contributed by atoms with van der Waals surface area (Å²) in [5.74, 6) is -0.876. The van der Waals surface area contributed by atoms with Gasteiger partial charge in [-0.05, 0) is 42.5 Å². The smallest absolute Gasteiger partial charge is 0.267 e. The Labute approximate surface area is 160 Å². The second-order valence-electron chi connectivity index (χ2n) is 5.94. The number of benzene rings is 2. The third-order valence-electron chi connectivity index (χ3n) is 3.92. The number of hydrogen-bond donors (Lipinski definition) is 2. The van der Waals surface area contributed by atoms with E-state index in [1.807, 2.05) is 0 Å². The van der Waals surface area contributed by atoms with Gasteiger partial charge in [0.05, 0.1) is 18.5 Å². The van der Waals surface area contributed by atoms with E-state index >= 15 is 0 Å². The van der Waals surface area contributed by atoms with E-state index in [0.29, 0.717) is 16.3 Å². The molecule has 8 nitrogen and oxygen atoms in total. The molecule has 10 heteroatoms. The van der Waals surface area contributed by atoms with Crippen LogP contribution in [0.25, 0.3) is 0 Å². The fraction of sp³-hybridized carbons (Fsp3) is 0.176. The number of nitrogens with two attached hydrogens (primary N) is 1. The summed E-state index contributed by atoms with van der Waals surface area (Å²) in [4.78, 5) is 23.7. The molecule has 0 spiro atoms. The van der Waals surface area contributed by atoms with Crippen molar-refractivity contribution in [1.82, 2.24) is 0 Å². The van der Waals surface area contributed by atoms with E-state index in [-0.39, 0.29) is 18.0 Å². The normalized spacial score (nSPS) is 16.2. The van der Waals surface area contributed by atoms with Crippen molar-refractivity contribution < 1.29 is 22.7 Å². The van der Waals surface area contributed by atoms with Crippen LogP contribution in [0.2, 0.25) is 5.02 Å². The lowest BCUT2D eigenvalue weighted by Crippen LogP contribution is -2.48. The molecule has 0 radical (unpaired) electrons. The van der Waals surface area contributed by atoms with Crippen LogP contribution in [0, 0.1) is 0 Å². The number of nitrogens with one attached hydrogen (secondary N) is 1. The fourth-order valence-electron chi connectivity index (χ4n) is 2.62. The number of halogens is 1. The minimum Gasteiger partial charge on any atom is -0.476 e. The molecule has 0 saturated carbocycles. The highest BCUT2D eigenvalue weighted by Crippen LogP contribution is 2.37. The summed E-state index contributed by atoms with van der Waals surface area (Å²) < 4.78 is 31.0. The predicted molar refractivity (Wildman–Crippen MR) is 102 cm³/mol. The standard InChI is InChI=1S/C17H16ClN3O5S/c1-27(24,25)21-9-15(26-14-7-4-11(18)8-13(14)21)17(23)20-12-5-2-10(3-6-12)16(19)22/h2-8,15H,9H2,1H3,(H2,19,22)(H,20,23)/t15-/m1/s1. The van der Waals surface area contributed by atoms with Gasteiger partial charge < -0.3 is 15.8 Å². The number of hydrogen-bond acceptors (Lipinski definition) is 5. The average Bonchev–Trinajstić information content (AvgIpc) is 2.60. The van der Waals surface area contributed by atoms with Gasteiger partial charge in [-0.3, -0.25) is 13.9 Å². The number of ether oxygens (including phenoxy) is 1. The van der Waals surface area contributed by atoms with Crippen molar-refractivity contribution in [2.75, 3.05) is 22.4 Å². The number of rotatable bonds is 4. The molecule has 0 aliphatic carbocycles. The minimum atomic E-state index is -3.65. The van der Waals surface area contributed by atoms with Gasteiger partial charge in [0.2, 0.25) is 15.9 Å². The van der Waals surface area contributed by atoms with E-state index in [1.54, 1.807) is 6.07 Å². The van der Waals surface area contributed by atoms with Gasteiger partial charge >= 0.3 is 0 Å². The van der Waals surface area contributed by atoms with Crippen LogP contribution in [0.4, 0.5) is 11.4 Å². The van der Waals surface area contributed by atoms with Gasteiger partial charge in [0.25, 0.3) is 5.91 Å². The lowest BCUT2D eigenvalue weighted by Gasteiger charge is -2.34. The van der Waals surface area contributed by atoms with Gasteiger partial charge in [-0.1, -0.05) is 11.6 Å². The fourth-order valence-corrected chi connectivity index (χ4v) is 3.69. The summed E-state index contributed by atoms with van der Waals surface area (Å²) in [6.45, 7) is -0.197. The third kappa shape index (κ3) is 4.15. The quantitative estimate of drug-likeness (QED) is 0.795. The maximum Gasteiger partial charge on any atom is 0.267 e. The predicted octanol–water partition coefficient (Wildman–Crippen LogP) is 1.60. The molecule has 0 fully saturated rings. The van der Waals surface area contributed by atoms with Gasteiger partial charge in [0, 0.05) is 16.3 Å². The summed E-state index contributed by atoms with van der Waals surface area (Å²) in [6, 6.07) is 10.5. The second kappa shape index (κ2) is 7.09. The van der Waals surface area contributed by atoms with Crippen LogP contribution in [-0.4, -0.2) is 39.1 Å². The first-order valence-electron chi connectivity index (χ1n) is 7.80. The van der Waals surface area contributed by atoms with Crippen LogP contribution in [0.3, 0.4) is 0 Å². The maximum absolute atomic E-state index is 12.6. The van der Waals surface area contributed by atoms with Crippen LogP contribution >= 0.6 is 11.6 Å². The van der Waals surface area contributed by atoms with Gasteiger partial charge in [0.1, 0.15) is 5.75 Å². The summed E-state index contributed by atoms with van der Waals surface area (Å²) >= 11 is 5.94. The van der Waals surface area contributed by atoms with Crippen molar-refractivity contribution in [3.63, 3.8) is 0 Å². The zero-order chi connectivity index (χ0) is 19.8. The first-order valence-corrected chi connectivity index (χ1v) is 10.0. The lowest BCUT2D eigenvalue weighted by atomic mass is 10.2. The van der Waals surface area contributed by atoms with Crippen LogP contribution in [-0.2, 0) is 14.8 Å². The zero-order valence-electron chi connectivity index (χ0n) is 14.2. The number of fused-ring (bicyclic) bond motifs is 1. The number of anilines is 2. The van der Waals surface area contributed by atoms with E-state index in [0.717, 1.165) is 10.6 Å². The number of sulfonamides is 1. The van der Waals surface area contributed by atoms with E-state index < -0.39 is 27.9 Å². The molecule has 27 heavy (non-hydrogen) atoms. The molecule has 1 heterocycles. The molecule has 0 aromatic heterocycles. The molecule has 0 saturated heterocycles. The molecule has 0 bridgehead atoms. The summed E-state index contributed by atoms with van der Waals surface area (Å²) in [5, 5.41) is 2.98. The van der Waals surface area contributed by atoms with Crippen molar-refractivity contribution in [1.29, 1.82) is 0 Å². The first kappa shape index (κ1) is 19.0. The topological polar surface area (TPSA) is 119 Å². The van der Waals surface area contributed by atoms with E-state index in [1.165, 1.54) is 36.4 Å². The zero-order valence-corrected chi connectivity index (χ0v) is 15.8. The molecule has 2 aromatic carbocycles. The van der Waals surface area contributed by atoms with Crippen molar-refractivity contribution in [3.8, 4) is 5.75 Å². The number of carbonyl (C=O) groups is 2. The van der Waals surface area contributed by atoms with Gasteiger partial charge in [0.15, 0.2) is 6.10 Å². The molecule has 2 aromatic rings. The van der Waals surface area contributed by atoms with Crippen molar-refractivity contribution in [2.45, 2.75) is 6.10 Å². The Hall–Kier alpha value is -2.78. The highest BCUT2D eigenvalue weighted by Gasteiger charge is 2.35. The van der Waals surface area contributed by atoms with Crippen molar-refractivity contribution >= 4 is 44.8 Å². The average molecular weight is 410 g/mol. The summed E-state index contributed by atoms with van der Waals surface area (Å²) in [7, 11) is -3.65. The molecule has 2 amide bonds. The number of amides is 2. The Morgan fingerprint density at radius 3 is 2.48 bits per heavy atom. The highest BCUT2D eigenvalue weighted by molar-refractivity contribution is 7.92. The Kier molecular flexibility index (Phi) is 4.99. The van der Waals surface area contributed by atoms with E-state index in [4.69, 9.17) is 22.1 Å². The van der Waals surface area contributed by atoms with E-state index in [9.17, 15) is 18.0 Å². The highest BCUT2D eigenvalue weighted by atomic mass is 35.5. The molecule has 0 unspecified atom stereocenters.